The van der Waals surface area contributed by atoms with Gasteiger partial charge < -0.3 is 14.6 Å². The number of ether oxygens (including phenoxy) is 2. The SMILES string of the molecule is C/C=C/Cc1nc(C(CCC)(OC)OC)nn1Cc1ccc(-c2ccccc2C(=O)O)cc1. The lowest BCUT2D eigenvalue weighted by atomic mass is 9.99. The van der Waals surface area contributed by atoms with Crippen molar-refractivity contribution in [2.75, 3.05) is 14.2 Å². The molecule has 174 valence electrons. The average Bonchev–Trinajstić information content (AvgIpc) is 3.24. The number of carbonyl (C=O) groups is 1. The molecule has 33 heavy (non-hydrogen) atoms. The number of carboxylic acid groups (broad SMARTS) is 1. The van der Waals surface area contributed by atoms with Crippen LogP contribution >= 0.6 is 0 Å². The smallest absolute Gasteiger partial charge is 0.336 e. The van der Waals surface area contributed by atoms with Gasteiger partial charge in [0.15, 0.2) is 0 Å². The Morgan fingerprint density at radius 3 is 2.42 bits per heavy atom. The summed E-state index contributed by atoms with van der Waals surface area (Å²) in [4.78, 5) is 16.3. The Labute approximate surface area is 194 Å². The summed E-state index contributed by atoms with van der Waals surface area (Å²) in [7, 11) is 3.22. The zero-order chi connectivity index (χ0) is 23.8. The Hall–Kier alpha value is -3.29. The number of carboxylic acids is 1. The number of nitrogens with zero attached hydrogens (tertiary/aromatic N) is 3. The molecule has 0 fully saturated rings. The van der Waals surface area contributed by atoms with Crippen molar-refractivity contribution in [2.45, 2.75) is 45.4 Å². The lowest BCUT2D eigenvalue weighted by Crippen LogP contribution is -2.32. The van der Waals surface area contributed by atoms with Gasteiger partial charge in [-0.3, -0.25) is 0 Å². The topological polar surface area (TPSA) is 86.5 Å². The van der Waals surface area contributed by atoms with Gasteiger partial charge in [-0.1, -0.05) is 68.0 Å². The number of methoxy groups -OCH3 is 2. The van der Waals surface area contributed by atoms with E-state index in [0.29, 0.717) is 30.8 Å². The maximum atomic E-state index is 11.6. The van der Waals surface area contributed by atoms with Crippen LogP contribution in [0, 0.1) is 0 Å². The fraction of sp³-hybridized carbons (Fsp3) is 0.346. The Kier molecular flexibility index (Phi) is 8.14. The van der Waals surface area contributed by atoms with Crippen LogP contribution in [0.5, 0.6) is 0 Å². The van der Waals surface area contributed by atoms with Crippen LogP contribution in [0.15, 0.2) is 60.7 Å². The minimum absolute atomic E-state index is 0.284. The average molecular weight is 450 g/mol. The van der Waals surface area contributed by atoms with Crippen molar-refractivity contribution in [1.82, 2.24) is 14.8 Å². The summed E-state index contributed by atoms with van der Waals surface area (Å²) in [5, 5.41) is 14.2. The van der Waals surface area contributed by atoms with Crippen molar-refractivity contribution in [3.63, 3.8) is 0 Å². The van der Waals surface area contributed by atoms with Gasteiger partial charge in [-0.05, 0) is 29.7 Å². The predicted octanol–water partition coefficient (Wildman–Crippen LogP) is 5.06. The molecule has 0 spiro atoms. The van der Waals surface area contributed by atoms with Crippen molar-refractivity contribution in [1.29, 1.82) is 0 Å². The molecule has 0 radical (unpaired) electrons. The van der Waals surface area contributed by atoms with Gasteiger partial charge in [0.25, 0.3) is 0 Å². The third-order valence-corrected chi connectivity index (χ3v) is 5.62. The first-order valence-corrected chi connectivity index (χ1v) is 11.0. The highest BCUT2D eigenvalue weighted by Crippen LogP contribution is 2.29. The van der Waals surface area contributed by atoms with Crippen LogP contribution < -0.4 is 0 Å². The summed E-state index contributed by atoms with van der Waals surface area (Å²) in [5.41, 5.74) is 2.86. The van der Waals surface area contributed by atoms with Crippen molar-refractivity contribution >= 4 is 5.97 Å². The van der Waals surface area contributed by atoms with Crippen LogP contribution in [-0.2, 0) is 28.2 Å². The van der Waals surface area contributed by atoms with Gasteiger partial charge >= 0.3 is 5.97 Å². The summed E-state index contributed by atoms with van der Waals surface area (Å²) in [6, 6.07) is 14.9. The Morgan fingerprint density at radius 1 is 1.12 bits per heavy atom. The first kappa shape index (κ1) is 24.4. The Bertz CT molecular complexity index is 1100. The summed E-state index contributed by atoms with van der Waals surface area (Å²) >= 11 is 0. The van der Waals surface area contributed by atoms with E-state index in [-0.39, 0.29) is 5.56 Å². The minimum Gasteiger partial charge on any atom is -0.478 e. The maximum absolute atomic E-state index is 11.6. The Morgan fingerprint density at radius 2 is 1.82 bits per heavy atom. The molecule has 2 aromatic carbocycles. The molecule has 1 N–H and O–H groups in total. The number of rotatable bonds is 11. The quantitative estimate of drug-likeness (QED) is 0.325. The molecule has 0 aliphatic heterocycles. The second-order valence-electron chi connectivity index (χ2n) is 7.74. The molecule has 0 saturated carbocycles. The van der Waals surface area contributed by atoms with Gasteiger partial charge in [-0.2, -0.15) is 0 Å². The second kappa shape index (κ2) is 11.0. The molecule has 7 nitrogen and oxygen atoms in total. The van der Waals surface area contributed by atoms with Crippen LogP contribution in [0.3, 0.4) is 0 Å². The van der Waals surface area contributed by atoms with E-state index in [0.717, 1.165) is 23.4 Å². The molecule has 0 unspecified atom stereocenters. The molecule has 0 aliphatic carbocycles. The van der Waals surface area contributed by atoms with Crippen molar-refractivity contribution in [2.24, 2.45) is 0 Å². The Balaban J connectivity index is 1.92. The highest BCUT2D eigenvalue weighted by molar-refractivity contribution is 5.95. The normalized spacial score (nSPS) is 11.9. The summed E-state index contributed by atoms with van der Waals surface area (Å²) < 4.78 is 13.3. The largest absolute Gasteiger partial charge is 0.478 e. The van der Waals surface area contributed by atoms with E-state index in [9.17, 15) is 9.90 Å². The van der Waals surface area contributed by atoms with E-state index in [1.54, 1.807) is 26.4 Å². The van der Waals surface area contributed by atoms with Gasteiger partial charge in [0.05, 0.1) is 12.1 Å². The predicted molar refractivity (Wildman–Crippen MR) is 127 cm³/mol. The maximum Gasteiger partial charge on any atom is 0.336 e. The minimum atomic E-state index is -0.977. The molecular weight excluding hydrogens is 418 g/mol. The van der Waals surface area contributed by atoms with Crippen molar-refractivity contribution in [3.05, 3.63) is 83.5 Å². The van der Waals surface area contributed by atoms with Gasteiger partial charge in [0.1, 0.15) is 5.82 Å². The van der Waals surface area contributed by atoms with Crippen molar-refractivity contribution < 1.29 is 19.4 Å². The van der Waals surface area contributed by atoms with Crippen LogP contribution in [0.1, 0.15) is 54.3 Å². The lowest BCUT2D eigenvalue weighted by Gasteiger charge is -2.27. The number of aromatic carboxylic acids is 1. The van der Waals surface area contributed by atoms with Crippen LogP contribution in [-0.4, -0.2) is 40.1 Å². The summed E-state index contributed by atoms with van der Waals surface area (Å²) in [6.45, 7) is 4.56. The van der Waals surface area contributed by atoms with E-state index < -0.39 is 11.8 Å². The number of benzene rings is 2. The molecule has 0 amide bonds. The van der Waals surface area contributed by atoms with Gasteiger partial charge in [0, 0.05) is 27.1 Å². The molecule has 1 aromatic heterocycles. The summed E-state index contributed by atoms with van der Waals surface area (Å²) in [6.07, 6.45) is 6.17. The third-order valence-electron chi connectivity index (χ3n) is 5.62. The molecule has 1 heterocycles. The second-order valence-corrected chi connectivity index (χ2v) is 7.74. The van der Waals surface area contributed by atoms with E-state index >= 15 is 0 Å². The van der Waals surface area contributed by atoms with E-state index in [2.05, 4.69) is 6.92 Å². The number of hydrogen-bond acceptors (Lipinski definition) is 5. The molecule has 3 rings (SSSR count). The number of aromatic nitrogens is 3. The zero-order valence-electron chi connectivity index (χ0n) is 19.6. The van der Waals surface area contributed by atoms with E-state index in [4.69, 9.17) is 19.6 Å². The van der Waals surface area contributed by atoms with E-state index in [1.807, 2.05) is 60.2 Å². The number of hydrogen-bond donors (Lipinski definition) is 1. The molecular formula is C26H31N3O4. The van der Waals surface area contributed by atoms with Crippen LogP contribution in [0.4, 0.5) is 0 Å². The zero-order valence-corrected chi connectivity index (χ0v) is 19.6. The van der Waals surface area contributed by atoms with Gasteiger partial charge in [-0.25, -0.2) is 14.5 Å². The third kappa shape index (κ3) is 5.38. The first-order chi connectivity index (χ1) is 16.0. The van der Waals surface area contributed by atoms with Crippen LogP contribution in [0.25, 0.3) is 11.1 Å². The lowest BCUT2D eigenvalue weighted by molar-refractivity contribution is -0.225. The van der Waals surface area contributed by atoms with Crippen molar-refractivity contribution in [3.8, 4) is 11.1 Å². The molecule has 0 atom stereocenters. The highest BCUT2D eigenvalue weighted by atomic mass is 16.7. The molecule has 3 aromatic rings. The first-order valence-electron chi connectivity index (χ1n) is 11.0. The standard InChI is InChI=1S/C26H31N3O4/c1-5-7-12-23-27-25(26(32-3,33-4)17-6-2)28-29(23)18-19-13-15-20(16-14-19)21-10-8-9-11-22(21)24(30)31/h5,7-11,13-16H,6,12,17-18H2,1-4H3,(H,30,31)/b7-5+. The molecule has 0 aliphatic rings. The van der Waals surface area contributed by atoms with Gasteiger partial charge in [-0.15, -0.1) is 5.10 Å². The molecule has 0 saturated heterocycles. The number of allylic oxidation sites excluding steroid dienone is 2. The monoisotopic (exact) mass is 449 g/mol. The van der Waals surface area contributed by atoms with Gasteiger partial charge in [0.2, 0.25) is 11.6 Å². The summed E-state index contributed by atoms with van der Waals surface area (Å²) in [5.74, 6) is -0.584. The molecule has 7 heteroatoms. The molecule has 0 bridgehead atoms. The highest BCUT2D eigenvalue weighted by Gasteiger charge is 2.36. The van der Waals surface area contributed by atoms with Crippen LogP contribution in [0.2, 0.25) is 0 Å². The fourth-order valence-electron chi connectivity index (χ4n) is 3.83. The fourth-order valence-corrected chi connectivity index (χ4v) is 3.83. The van der Waals surface area contributed by atoms with E-state index in [1.165, 1.54) is 0 Å².